The molecule has 2 amide bonds. The summed E-state index contributed by atoms with van der Waals surface area (Å²) in [5, 5.41) is 4.19. The summed E-state index contributed by atoms with van der Waals surface area (Å²) in [7, 11) is 0. The molecule has 8 heteroatoms. The maximum Gasteiger partial charge on any atom is 0.410 e. The van der Waals surface area contributed by atoms with Gasteiger partial charge in [-0.2, -0.15) is 5.10 Å². The highest BCUT2D eigenvalue weighted by Gasteiger charge is 2.48. The minimum atomic E-state index is -0.463. The molecule has 2 aliphatic rings. The lowest BCUT2D eigenvalue weighted by atomic mass is 9.90. The van der Waals surface area contributed by atoms with Crippen LogP contribution in [-0.4, -0.2) is 67.7 Å². The number of nitrogens with zero attached hydrogens (tertiary/aromatic N) is 5. The molecule has 2 aromatic rings. The topological polar surface area (TPSA) is 80.0 Å². The maximum atomic E-state index is 12.9. The molecule has 144 valence electrons. The number of rotatable bonds is 4. The lowest BCUT2D eigenvalue weighted by Gasteiger charge is -2.37. The standard InChI is InChI=1S/C19H25N5O3/c1-3-5-14(2)23-13-19(27-18(23)26)6-10-22(11-7-19)17(25)15-12-21-24-9-4-8-20-16(15)24/h4,8-9,12,14H,3,5-7,10-11,13H2,1-2H3/t14-/m1/s1. The van der Waals surface area contributed by atoms with Gasteiger partial charge in [0.15, 0.2) is 5.65 Å². The first-order valence-corrected chi connectivity index (χ1v) is 9.60. The molecular weight excluding hydrogens is 346 g/mol. The molecule has 0 unspecified atom stereocenters. The van der Waals surface area contributed by atoms with E-state index in [9.17, 15) is 9.59 Å². The van der Waals surface area contributed by atoms with E-state index in [-0.39, 0.29) is 18.0 Å². The molecule has 0 saturated carbocycles. The van der Waals surface area contributed by atoms with Crippen LogP contribution in [0.5, 0.6) is 0 Å². The van der Waals surface area contributed by atoms with Crippen LogP contribution in [0, 0.1) is 0 Å². The molecular formula is C19H25N5O3. The summed E-state index contributed by atoms with van der Waals surface area (Å²) in [4.78, 5) is 33.1. The Hall–Kier alpha value is -2.64. The fourth-order valence-corrected chi connectivity index (χ4v) is 4.09. The van der Waals surface area contributed by atoms with E-state index in [0.29, 0.717) is 43.7 Å². The van der Waals surface area contributed by atoms with Gasteiger partial charge in [0.25, 0.3) is 5.91 Å². The Morgan fingerprint density at radius 3 is 2.89 bits per heavy atom. The number of fused-ring (bicyclic) bond motifs is 1. The number of aromatic nitrogens is 3. The third-order valence-electron chi connectivity index (χ3n) is 5.71. The van der Waals surface area contributed by atoms with Crippen molar-refractivity contribution in [3.8, 4) is 0 Å². The van der Waals surface area contributed by atoms with Crippen LogP contribution in [0.1, 0.15) is 49.9 Å². The number of likely N-dealkylation sites (tertiary alicyclic amines) is 1. The molecule has 27 heavy (non-hydrogen) atoms. The zero-order valence-corrected chi connectivity index (χ0v) is 15.8. The van der Waals surface area contributed by atoms with Crippen molar-refractivity contribution in [2.75, 3.05) is 19.6 Å². The maximum absolute atomic E-state index is 12.9. The average molecular weight is 371 g/mol. The molecule has 2 aromatic heterocycles. The molecule has 0 aliphatic carbocycles. The van der Waals surface area contributed by atoms with Crippen LogP contribution in [0.4, 0.5) is 4.79 Å². The van der Waals surface area contributed by atoms with Crippen molar-refractivity contribution in [2.45, 2.75) is 51.2 Å². The molecule has 2 aliphatic heterocycles. The van der Waals surface area contributed by atoms with E-state index in [0.717, 1.165) is 12.8 Å². The highest BCUT2D eigenvalue weighted by atomic mass is 16.6. The number of amides is 2. The van der Waals surface area contributed by atoms with E-state index in [2.05, 4.69) is 23.9 Å². The van der Waals surface area contributed by atoms with Gasteiger partial charge in [-0.25, -0.2) is 14.3 Å². The van der Waals surface area contributed by atoms with E-state index in [1.54, 1.807) is 29.2 Å². The molecule has 2 fully saturated rings. The second kappa shape index (κ2) is 6.83. The van der Waals surface area contributed by atoms with Crippen LogP contribution < -0.4 is 0 Å². The second-order valence-corrected chi connectivity index (χ2v) is 7.55. The fourth-order valence-electron chi connectivity index (χ4n) is 4.09. The zero-order valence-electron chi connectivity index (χ0n) is 15.8. The van der Waals surface area contributed by atoms with Gasteiger partial charge in [0.05, 0.1) is 12.7 Å². The van der Waals surface area contributed by atoms with Crippen molar-refractivity contribution in [2.24, 2.45) is 0 Å². The third kappa shape index (κ3) is 3.13. The predicted molar refractivity (Wildman–Crippen MR) is 98.4 cm³/mol. The van der Waals surface area contributed by atoms with Crippen molar-refractivity contribution < 1.29 is 14.3 Å². The SMILES string of the molecule is CCC[C@@H](C)N1CC2(CCN(C(=O)c3cnn4cccnc34)CC2)OC1=O. The Bertz CT molecular complexity index is 856. The molecule has 4 rings (SSSR count). The van der Waals surface area contributed by atoms with Gasteiger partial charge in [0.1, 0.15) is 11.2 Å². The highest BCUT2D eigenvalue weighted by Crippen LogP contribution is 2.35. The van der Waals surface area contributed by atoms with Crippen LogP contribution in [0.3, 0.4) is 0 Å². The summed E-state index contributed by atoms with van der Waals surface area (Å²) in [6.45, 7) is 5.93. The van der Waals surface area contributed by atoms with E-state index >= 15 is 0 Å². The number of piperidine rings is 1. The Morgan fingerprint density at radius 2 is 2.15 bits per heavy atom. The molecule has 0 bridgehead atoms. The molecule has 0 aromatic carbocycles. The highest BCUT2D eigenvalue weighted by molar-refractivity contribution is 5.99. The number of hydrogen-bond acceptors (Lipinski definition) is 5. The normalized spacial score (nSPS) is 20.3. The summed E-state index contributed by atoms with van der Waals surface area (Å²) in [6, 6.07) is 1.96. The van der Waals surface area contributed by atoms with Crippen LogP contribution in [0.15, 0.2) is 24.7 Å². The largest absolute Gasteiger partial charge is 0.441 e. The summed E-state index contributed by atoms with van der Waals surface area (Å²) in [5.41, 5.74) is 0.609. The lowest BCUT2D eigenvalue weighted by molar-refractivity contribution is 0.00312. The van der Waals surface area contributed by atoms with Crippen LogP contribution in [-0.2, 0) is 4.74 Å². The summed E-state index contributed by atoms with van der Waals surface area (Å²) in [5.74, 6) is -0.0703. The van der Waals surface area contributed by atoms with E-state index in [1.165, 1.54) is 0 Å². The van der Waals surface area contributed by atoms with Gasteiger partial charge >= 0.3 is 6.09 Å². The first kappa shape index (κ1) is 17.8. The van der Waals surface area contributed by atoms with Crippen molar-refractivity contribution in [3.63, 3.8) is 0 Å². The first-order chi connectivity index (χ1) is 13.0. The minimum absolute atomic E-state index is 0.0703. The van der Waals surface area contributed by atoms with Gasteiger partial charge < -0.3 is 14.5 Å². The van der Waals surface area contributed by atoms with Crippen molar-refractivity contribution >= 4 is 17.6 Å². The third-order valence-corrected chi connectivity index (χ3v) is 5.71. The number of hydrogen-bond donors (Lipinski definition) is 0. The van der Waals surface area contributed by atoms with Gasteiger partial charge in [-0.3, -0.25) is 4.79 Å². The number of carbonyl (C=O) groups is 2. The quantitative estimate of drug-likeness (QED) is 0.824. The van der Waals surface area contributed by atoms with Gasteiger partial charge in [-0.15, -0.1) is 0 Å². The molecule has 0 N–H and O–H groups in total. The van der Waals surface area contributed by atoms with Crippen molar-refractivity contribution in [3.05, 3.63) is 30.2 Å². The van der Waals surface area contributed by atoms with Crippen LogP contribution in [0.2, 0.25) is 0 Å². The number of ether oxygens (including phenoxy) is 1. The fraction of sp³-hybridized carbons (Fsp3) is 0.579. The first-order valence-electron chi connectivity index (χ1n) is 9.60. The predicted octanol–water partition coefficient (Wildman–Crippen LogP) is 2.34. The average Bonchev–Trinajstić information content (AvgIpc) is 3.23. The van der Waals surface area contributed by atoms with Gasteiger partial charge in [0.2, 0.25) is 0 Å². The Labute approximate surface area is 158 Å². The monoisotopic (exact) mass is 371 g/mol. The molecule has 2 saturated heterocycles. The van der Waals surface area contributed by atoms with Crippen LogP contribution in [0.25, 0.3) is 5.65 Å². The van der Waals surface area contributed by atoms with Gasteiger partial charge in [0, 0.05) is 44.4 Å². The van der Waals surface area contributed by atoms with Crippen molar-refractivity contribution in [1.29, 1.82) is 0 Å². The number of carbonyl (C=O) groups excluding carboxylic acids is 2. The summed E-state index contributed by atoms with van der Waals surface area (Å²) in [6.07, 6.45) is 8.10. The van der Waals surface area contributed by atoms with Gasteiger partial charge in [-0.1, -0.05) is 13.3 Å². The second-order valence-electron chi connectivity index (χ2n) is 7.55. The lowest BCUT2D eigenvalue weighted by Crippen LogP contribution is -2.49. The summed E-state index contributed by atoms with van der Waals surface area (Å²) >= 11 is 0. The van der Waals surface area contributed by atoms with Crippen LogP contribution >= 0.6 is 0 Å². The van der Waals surface area contributed by atoms with Gasteiger partial charge in [-0.05, 0) is 19.4 Å². The van der Waals surface area contributed by atoms with E-state index in [1.807, 2.05) is 9.80 Å². The van der Waals surface area contributed by atoms with E-state index in [4.69, 9.17) is 4.74 Å². The molecule has 4 heterocycles. The minimum Gasteiger partial charge on any atom is -0.441 e. The van der Waals surface area contributed by atoms with E-state index < -0.39 is 5.60 Å². The van der Waals surface area contributed by atoms with Crippen molar-refractivity contribution in [1.82, 2.24) is 24.4 Å². The smallest absolute Gasteiger partial charge is 0.410 e. The Morgan fingerprint density at radius 1 is 1.37 bits per heavy atom. The summed E-state index contributed by atoms with van der Waals surface area (Å²) < 4.78 is 7.38. The Kier molecular flexibility index (Phi) is 4.49. The Balaban J connectivity index is 1.43. The molecule has 0 radical (unpaired) electrons. The molecule has 1 spiro atoms. The molecule has 8 nitrogen and oxygen atoms in total. The zero-order chi connectivity index (χ0) is 19.0. The molecule has 1 atom stereocenters.